The Labute approximate surface area is 618 Å². The molecule has 3 unspecified atom stereocenters. The van der Waals surface area contributed by atoms with Crippen LogP contribution in [0.2, 0.25) is 0 Å². The number of aliphatic hydroxyl groups excluding tert-OH is 1. The van der Waals surface area contributed by atoms with Crippen molar-refractivity contribution in [2.45, 2.75) is 426 Å². The van der Waals surface area contributed by atoms with Crippen LogP contribution < -0.4 is 0 Å². The summed E-state index contributed by atoms with van der Waals surface area (Å²) in [5.41, 5.74) is 0. The molecule has 19 heteroatoms. The zero-order valence-corrected chi connectivity index (χ0v) is 67.5. The molecule has 0 saturated heterocycles. The summed E-state index contributed by atoms with van der Waals surface area (Å²) in [5.74, 6) is -0.604. The van der Waals surface area contributed by atoms with Gasteiger partial charge in [-0.3, -0.25) is 37.3 Å². The van der Waals surface area contributed by atoms with Crippen LogP contribution in [0.5, 0.6) is 0 Å². The van der Waals surface area contributed by atoms with Crippen molar-refractivity contribution < 1.29 is 80.2 Å². The number of esters is 4. The molecule has 0 amide bonds. The van der Waals surface area contributed by atoms with Gasteiger partial charge in [0.25, 0.3) is 0 Å². The van der Waals surface area contributed by atoms with Gasteiger partial charge in [0.1, 0.15) is 19.3 Å². The minimum atomic E-state index is -4.97. The number of unbranched alkanes of at least 4 members (excludes halogenated alkanes) is 45. The Hall–Kier alpha value is -2.46. The highest BCUT2D eigenvalue weighted by Gasteiger charge is 2.30. The molecular weight excluding hydrogens is 1320 g/mol. The van der Waals surface area contributed by atoms with Crippen LogP contribution >= 0.6 is 15.6 Å². The molecule has 0 saturated carbocycles. The van der Waals surface area contributed by atoms with Crippen molar-refractivity contribution in [1.29, 1.82) is 0 Å². The van der Waals surface area contributed by atoms with Gasteiger partial charge in [0.15, 0.2) is 12.2 Å². The quantitative estimate of drug-likeness (QED) is 0.0169. The van der Waals surface area contributed by atoms with Crippen molar-refractivity contribution in [2.75, 3.05) is 39.6 Å². The van der Waals surface area contributed by atoms with E-state index in [1.807, 2.05) is 0 Å². The molecule has 0 aromatic heterocycles. The molecule has 0 radical (unpaired) electrons. The zero-order valence-electron chi connectivity index (χ0n) is 65.7. The molecule has 0 aliphatic rings. The number of allylic oxidation sites excluding steroid dienone is 4. The van der Waals surface area contributed by atoms with Crippen LogP contribution in [0.15, 0.2) is 24.3 Å². The predicted molar refractivity (Wildman–Crippen MR) is 414 cm³/mol. The van der Waals surface area contributed by atoms with Crippen molar-refractivity contribution in [3.63, 3.8) is 0 Å². The van der Waals surface area contributed by atoms with Gasteiger partial charge in [0, 0.05) is 25.7 Å². The molecule has 0 rings (SSSR count). The molecule has 17 nitrogen and oxygen atoms in total. The van der Waals surface area contributed by atoms with Gasteiger partial charge in [-0.05, 0) is 63.2 Å². The molecule has 0 aromatic carbocycles. The average molecular weight is 1480 g/mol. The molecule has 0 fully saturated rings. The lowest BCUT2D eigenvalue weighted by Crippen LogP contribution is -2.30. The first-order valence-corrected chi connectivity index (χ1v) is 44.8. The highest BCUT2D eigenvalue weighted by molar-refractivity contribution is 7.47. The number of phosphoric acid groups is 2. The van der Waals surface area contributed by atoms with Gasteiger partial charge < -0.3 is 33.8 Å². The summed E-state index contributed by atoms with van der Waals surface area (Å²) in [6, 6.07) is 0. The molecule has 101 heavy (non-hydrogen) atoms. The summed E-state index contributed by atoms with van der Waals surface area (Å²) >= 11 is 0. The van der Waals surface area contributed by atoms with E-state index in [4.69, 9.17) is 37.0 Å². The highest BCUT2D eigenvalue weighted by Crippen LogP contribution is 2.45. The maximum atomic E-state index is 13.1. The van der Waals surface area contributed by atoms with E-state index in [1.165, 1.54) is 205 Å². The first-order valence-electron chi connectivity index (χ1n) is 41.8. The number of carbonyl (C=O) groups is 4. The van der Waals surface area contributed by atoms with Crippen LogP contribution in [0, 0.1) is 11.8 Å². The van der Waals surface area contributed by atoms with E-state index in [1.54, 1.807) is 0 Å². The van der Waals surface area contributed by atoms with Crippen molar-refractivity contribution in [2.24, 2.45) is 11.8 Å². The standard InChI is InChI=1S/C82H156O17P2/c1-7-10-12-14-16-18-20-22-24-25-30-33-37-41-45-52-58-64-79(84)92-70-77(98-81(86)66-61-55-47-43-39-35-31-27-26-29-32-36-40-44-50-56-62-74(4)5)72-96-100(88,89)94-68-76(83)69-95-101(90,91)97-73-78(71-93-80(85)65-59-53-49-48-51-57-63-75(6)9-3)99-82(87)67-60-54-46-42-38-34-28-23-21-19-17-15-13-11-8-2/h19,21,23,28,74-78,83H,7-18,20,22,24-27,29-73H2,1-6H3,(H,88,89)(H,90,91)/b21-19-,28-23-/t75?,76-,77-,78-/m1/s1. The minimum absolute atomic E-state index is 0.0843. The average Bonchev–Trinajstić information content (AvgIpc) is 0.926. The Morgan fingerprint density at radius 2 is 0.584 bits per heavy atom. The van der Waals surface area contributed by atoms with Crippen LogP contribution in [0.25, 0.3) is 0 Å². The fourth-order valence-electron chi connectivity index (χ4n) is 12.1. The molecular formula is C82H156O17P2. The van der Waals surface area contributed by atoms with Gasteiger partial charge in [0.05, 0.1) is 26.4 Å². The summed E-state index contributed by atoms with van der Waals surface area (Å²) in [6.07, 6.45) is 66.1. The van der Waals surface area contributed by atoms with E-state index in [0.29, 0.717) is 25.7 Å². The Kier molecular flexibility index (Phi) is 71.3. The number of carbonyl (C=O) groups excluding carboxylic acids is 4. The molecule has 0 aromatic rings. The summed E-state index contributed by atoms with van der Waals surface area (Å²) in [5, 5.41) is 10.6. The molecule has 3 N–H and O–H groups in total. The summed E-state index contributed by atoms with van der Waals surface area (Å²) in [4.78, 5) is 73.0. The maximum absolute atomic E-state index is 13.1. The lowest BCUT2D eigenvalue weighted by atomic mass is 10.00. The van der Waals surface area contributed by atoms with Crippen molar-refractivity contribution >= 4 is 39.5 Å². The first kappa shape index (κ1) is 98.5. The van der Waals surface area contributed by atoms with Crippen LogP contribution in [0.3, 0.4) is 0 Å². The van der Waals surface area contributed by atoms with E-state index in [2.05, 4.69) is 65.8 Å². The van der Waals surface area contributed by atoms with E-state index in [-0.39, 0.29) is 25.7 Å². The summed E-state index contributed by atoms with van der Waals surface area (Å²) in [6.45, 7) is 9.56. The van der Waals surface area contributed by atoms with Crippen molar-refractivity contribution in [1.82, 2.24) is 0 Å². The molecule has 6 atom stereocenters. The SMILES string of the molecule is CCCCCC/C=C\C=C/CCCCCCCC(=O)O[C@H](COC(=O)CCCCCCCCC(C)CC)COP(=O)(O)OC[C@H](O)COP(=O)(O)OC[C@@H](COC(=O)CCCCCCCCCCCCCCCCCCC)OC(=O)CCCCCCCCCCCCCCCCCCC(C)C. The van der Waals surface area contributed by atoms with Gasteiger partial charge in [-0.2, -0.15) is 0 Å². The lowest BCUT2D eigenvalue weighted by molar-refractivity contribution is -0.161. The van der Waals surface area contributed by atoms with E-state index >= 15 is 0 Å². The lowest BCUT2D eigenvalue weighted by Gasteiger charge is -2.21. The molecule has 0 bridgehead atoms. The highest BCUT2D eigenvalue weighted by atomic mass is 31.2. The number of ether oxygens (including phenoxy) is 4. The van der Waals surface area contributed by atoms with E-state index < -0.39 is 97.5 Å². The second-order valence-electron chi connectivity index (χ2n) is 29.5. The van der Waals surface area contributed by atoms with Gasteiger partial charge in [-0.15, -0.1) is 0 Å². The van der Waals surface area contributed by atoms with Crippen molar-refractivity contribution in [3.8, 4) is 0 Å². The third kappa shape index (κ3) is 74.2. The minimum Gasteiger partial charge on any atom is -0.462 e. The molecule has 596 valence electrons. The third-order valence-corrected chi connectivity index (χ3v) is 20.8. The van der Waals surface area contributed by atoms with Gasteiger partial charge in [-0.25, -0.2) is 9.13 Å². The Bertz CT molecular complexity index is 2040. The normalized spacial score (nSPS) is 14.3. The number of phosphoric ester groups is 2. The number of hydrogen-bond acceptors (Lipinski definition) is 15. The molecule has 0 heterocycles. The molecule has 0 spiro atoms. The second kappa shape index (κ2) is 73.1. The molecule has 0 aliphatic carbocycles. The Morgan fingerprint density at radius 3 is 0.891 bits per heavy atom. The second-order valence-corrected chi connectivity index (χ2v) is 32.5. The Morgan fingerprint density at radius 1 is 0.327 bits per heavy atom. The summed E-state index contributed by atoms with van der Waals surface area (Å²) in [7, 11) is -9.93. The third-order valence-electron chi connectivity index (χ3n) is 18.9. The fraction of sp³-hybridized carbons (Fsp3) is 0.902. The van der Waals surface area contributed by atoms with Gasteiger partial charge in [0.2, 0.25) is 0 Å². The molecule has 0 aliphatic heterocycles. The van der Waals surface area contributed by atoms with Gasteiger partial charge in [-0.1, -0.05) is 355 Å². The van der Waals surface area contributed by atoms with Crippen molar-refractivity contribution in [3.05, 3.63) is 24.3 Å². The fourth-order valence-corrected chi connectivity index (χ4v) is 13.7. The van der Waals surface area contributed by atoms with Crippen LogP contribution in [0.4, 0.5) is 0 Å². The van der Waals surface area contributed by atoms with Crippen LogP contribution in [0.1, 0.15) is 408 Å². The number of aliphatic hydroxyl groups is 1. The smallest absolute Gasteiger partial charge is 0.462 e. The monoisotopic (exact) mass is 1480 g/mol. The number of hydrogen-bond donors (Lipinski definition) is 3. The topological polar surface area (TPSA) is 237 Å². The first-order chi connectivity index (χ1) is 48.9. The van der Waals surface area contributed by atoms with Gasteiger partial charge >= 0.3 is 39.5 Å². The predicted octanol–water partition coefficient (Wildman–Crippen LogP) is 24.2. The zero-order chi connectivity index (χ0) is 74.2. The largest absolute Gasteiger partial charge is 0.472 e. The van der Waals surface area contributed by atoms with Crippen LogP contribution in [-0.4, -0.2) is 96.7 Å². The summed E-state index contributed by atoms with van der Waals surface area (Å²) < 4.78 is 68.7. The Balaban J connectivity index is 5.27. The van der Waals surface area contributed by atoms with E-state index in [0.717, 1.165) is 121 Å². The van der Waals surface area contributed by atoms with E-state index in [9.17, 15) is 43.2 Å². The number of rotatable bonds is 79. The maximum Gasteiger partial charge on any atom is 0.472 e. The van der Waals surface area contributed by atoms with Crippen LogP contribution in [-0.2, 0) is 65.4 Å².